The van der Waals surface area contributed by atoms with Crippen LogP contribution in [0.5, 0.6) is 5.75 Å². The number of sulfone groups is 1. The van der Waals surface area contributed by atoms with Gasteiger partial charge in [0.05, 0.1) is 28.4 Å². The fraction of sp³-hybridized carbons (Fsp3) is 0.238. The predicted molar refractivity (Wildman–Crippen MR) is 117 cm³/mol. The van der Waals surface area contributed by atoms with Gasteiger partial charge in [0.25, 0.3) is 15.7 Å². The minimum absolute atomic E-state index is 0.123. The molecular weight excluding hydrogens is 481 g/mol. The largest absolute Gasteiger partial charge is 0.501 e. The molecule has 7 nitrogen and oxygen atoms in total. The van der Waals surface area contributed by atoms with Gasteiger partial charge in [-0.1, -0.05) is 24.3 Å². The molecule has 176 valence electrons. The van der Waals surface area contributed by atoms with Crippen LogP contribution in [0, 0.1) is 5.92 Å². The second-order valence-electron chi connectivity index (χ2n) is 6.78. The van der Waals surface area contributed by atoms with Gasteiger partial charge in [0.15, 0.2) is 0 Å². The molecule has 0 saturated carbocycles. The van der Waals surface area contributed by atoms with Gasteiger partial charge in [-0.25, -0.2) is 8.42 Å². The molecule has 0 fully saturated rings. The fourth-order valence-corrected chi connectivity index (χ4v) is 4.79. The van der Waals surface area contributed by atoms with Gasteiger partial charge in [0.1, 0.15) is 5.75 Å². The van der Waals surface area contributed by atoms with Crippen LogP contribution >= 0.6 is 11.8 Å². The van der Waals surface area contributed by atoms with Crippen molar-refractivity contribution in [2.75, 3.05) is 11.9 Å². The van der Waals surface area contributed by atoms with Gasteiger partial charge in [0, 0.05) is 5.69 Å². The summed E-state index contributed by atoms with van der Waals surface area (Å²) in [6, 6.07) is 10.5. The van der Waals surface area contributed by atoms with Crippen LogP contribution in [0.1, 0.15) is 17.3 Å². The lowest BCUT2D eigenvalue weighted by Crippen LogP contribution is -2.40. The lowest BCUT2D eigenvalue weighted by atomic mass is 10.1. The zero-order valence-electron chi connectivity index (χ0n) is 17.1. The molecule has 0 aromatic heterocycles. The Balaban J connectivity index is 1.73. The molecule has 1 heterocycles. The van der Waals surface area contributed by atoms with Crippen molar-refractivity contribution in [3.05, 3.63) is 65.6 Å². The van der Waals surface area contributed by atoms with Crippen molar-refractivity contribution in [3.63, 3.8) is 0 Å². The van der Waals surface area contributed by atoms with Crippen LogP contribution in [0.3, 0.4) is 0 Å². The molecule has 1 aliphatic rings. The fourth-order valence-electron chi connectivity index (χ4n) is 2.99. The summed E-state index contributed by atoms with van der Waals surface area (Å²) in [6.45, 7) is 2.14. The van der Waals surface area contributed by atoms with E-state index in [0.717, 1.165) is 18.2 Å². The second kappa shape index (κ2) is 9.87. The molecule has 2 atom stereocenters. The van der Waals surface area contributed by atoms with Crippen LogP contribution in [-0.2, 0) is 14.6 Å². The van der Waals surface area contributed by atoms with Crippen molar-refractivity contribution in [2.45, 2.75) is 22.7 Å². The van der Waals surface area contributed by atoms with E-state index in [2.05, 4.69) is 10.6 Å². The van der Waals surface area contributed by atoms with E-state index >= 15 is 0 Å². The van der Waals surface area contributed by atoms with Crippen LogP contribution in [0.4, 0.5) is 18.9 Å². The summed E-state index contributed by atoms with van der Waals surface area (Å²) in [7, 11) is -5.56. The number of rotatable bonds is 7. The third kappa shape index (κ3) is 5.50. The number of nitrogens with one attached hydrogen (secondary N) is 2. The number of benzene rings is 2. The highest BCUT2D eigenvalue weighted by Crippen LogP contribution is 2.33. The number of halogens is 3. The van der Waals surface area contributed by atoms with Crippen LogP contribution in [0.2, 0.25) is 0 Å². The van der Waals surface area contributed by atoms with E-state index in [1.54, 1.807) is 36.6 Å². The molecule has 1 aliphatic heterocycles. The zero-order valence-corrected chi connectivity index (χ0v) is 18.8. The van der Waals surface area contributed by atoms with E-state index in [9.17, 15) is 31.2 Å². The summed E-state index contributed by atoms with van der Waals surface area (Å²) in [4.78, 5) is 24.5. The SMILES string of the molecule is CCOc1ccccc1C(=O)NC1SC=CC1C(=O)Nc1cccc(S(=O)(=O)C(F)(F)F)c1. The Morgan fingerprint density at radius 2 is 1.85 bits per heavy atom. The molecule has 2 amide bonds. The standard InChI is InChI=1S/C21H19F3N2O5S2/c1-2-31-17-9-4-3-8-15(17)18(27)26-20-16(10-11-32-20)19(28)25-13-6-5-7-14(12-13)33(29,30)21(22,23)24/h3-12,16,20H,2H2,1H3,(H,25,28)(H,26,27). The van der Waals surface area contributed by atoms with E-state index in [1.807, 2.05) is 0 Å². The van der Waals surface area contributed by atoms with Gasteiger partial charge >= 0.3 is 5.51 Å². The zero-order chi connectivity index (χ0) is 24.2. The molecular formula is C21H19F3N2O5S2. The van der Waals surface area contributed by atoms with Crippen LogP contribution in [-0.4, -0.2) is 37.7 Å². The Kier molecular flexibility index (Phi) is 7.38. The Morgan fingerprint density at radius 1 is 1.12 bits per heavy atom. The number of ether oxygens (including phenoxy) is 1. The maximum absolute atomic E-state index is 12.8. The average Bonchev–Trinajstić information content (AvgIpc) is 3.22. The number of alkyl halides is 3. The van der Waals surface area contributed by atoms with Crippen molar-refractivity contribution < 1.29 is 35.9 Å². The molecule has 2 unspecified atom stereocenters. The van der Waals surface area contributed by atoms with Gasteiger partial charge in [-0.15, -0.1) is 11.8 Å². The maximum Gasteiger partial charge on any atom is 0.501 e. The van der Waals surface area contributed by atoms with E-state index < -0.39 is 43.3 Å². The van der Waals surface area contributed by atoms with E-state index in [-0.39, 0.29) is 11.3 Å². The Bertz CT molecular complexity index is 1180. The van der Waals surface area contributed by atoms with Crippen LogP contribution in [0.25, 0.3) is 0 Å². The number of amides is 2. The summed E-state index contributed by atoms with van der Waals surface area (Å²) in [5.41, 5.74) is -5.30. The van der Waals surface area contributed by atoms with Crippen molar-refractivity contribution in [1.82, 2.24) is 5.32 Å². The van der Waals surface area contributed by atoms with Crippen LogP contribution < -0.4 is 15.4 Å². The summed E-state index contributed by atoms with van der Waals surface area (Å²) >= 11 is 1.18. The van der Waals surface area contributed by atoms with Gasteiger partial charge in [-0.3, -0.25) is 9.59 Å². The number of hydrogen-bond donors (Lipinski definition) is 2. The summed E-state index contributed by atoms with van der Waals surface area (Å²) in [6.07, 6.45) is 1.54. The minimum Gasteiger partial charge on any atom is -0.493 e. The number of thioether (sulfide) groups is 1. The molecule has 0 aliphatic carbocycles. The van der Waals surface area contributed by atoms with Crippen molar-refractivity contribution in [1.29, 1.82) is 0 Å². The first-order valence-corrected chi connectivity index (χ1v) is 12.0. The topological polar surface area (TPSA) is 102 Å². The first-order valence-electron chi connectivity index (χ1n) is 9.61. The number of anilines is 1. The van der Waals surface area contributed by atoms with Crippen molar-refractivity contribution in [3.8, 4) is 5.75 Å². The summed E-state index contributed by atoms with van der Waals surface area (Å²) in [5, 5.41) is 6.09. The van der Waals surface area contributed by atoms with Crippen LogP contribution in [0.15, 0.2) is 64.9 Å². The molecule has 2 aromatic rings. The number of hydrogen-bond acceptors (Lipinski definition) is 6. The number of carbonyl (C=O) groups excluding carboxylic acids is 2. The predicted octanol–water partition coefficient (Wildman–Crippen LogP) is 3.95. The van der Waals surface area contributed by atoms with Crippen molar-refractivity contribution >= 4 is 39.1 Å². The summed E-state index contributed by atoms with van der Waals surface area (Å²) < 4.78 is 67.1. The van der Waals surface area contributed by atoms with E-state index in [0.29, 0.717) is 12.4 Å². The van der Waals surface area contributed by atoms with E-state index in [4.69, 9.17) is 4.74 Å². The van der Waals surface area contributed by atoms with Crippen molar-refractivity contribution in [2.24, 2.45) is 5.92 Å². The number of carbonyl (C=O) groups is 2. The minimum atomic E-state index is -5.56. The Morgan fingerprint density at radius 3 is 2.55 bits per heavy atom. The van der Waals surface area contributed by atoms with Gasteiger partial charge in [-0.05, 0) is 42.7 Å². The van der Waals surface area contributed by atoms with Gasteiger partial charge in [-0.2, -0.15) is 13.2 Å². The third-order valence-electron chi connectivity index (χ3n) is 4.56. The maximum atomic E-state index is 12.8. The Labute approximate surface area is 192 Å². The first kappa shape index (κ1) is 24.6. The third-order valence-corrected chi connectivity index (χ3v) is 7.06. The molecule has 0 spiro atoms. The van der Waals surface area contributed by atoms with E-state index in [1.165, 1.54) is 23.9 Å². The number of para-hydroxylation sites is 1. The normalized spacial score (nSPS) is 18.1. The Hall–Kier alpha value is -2.99. The summed E-state index contributed by atoms with van der Waals surface area (Å²) in [5.74, 6) is -1.55. The average molecular weight is 501 g/mol. The molecule has 2 N–H and O–H groups in total. The second-order valence-corrected chi connectivity index (χ2v) is 9.77. The molecule has 3 rings (SSSR count). The monoisotopic (exact) mass is 500 g/mol. The molecule has 33 heavy (non-hydrogen) atoms. The van der Waals surface area contributed by atoms with Gasteiger partial charge < -0.3 is 15.4 Å². The first-order chi connectivity index (χ1) is 15.5. The van der Waals surface area contributed by atoms with Gasteiger partial charge in [0.2, 0.25) is 5.91 Å². The molecule has 0 radical (unpaired) electrons. The molecule has 0 saturated heterocycles. The highest BCUT2D eigenvalue weighted by Gasteiger charge is 2.47. The highest BCUT2D eigenvalue weighted by atomic mass is 32.2. The highest BCUT2D eigenvalue weighted by molar-refractivity contribution is 8.03. The lowest BCUT2D eigenvalue weighted by molar-refractivity contribution is -0.118. The quantitative estimate of drug-likeness (QED) is 0.597. The molecule has 0 bridgehead atoms. The smallest absolute Gasteiger partial charge is 0.493 e. The molecule has 12 heteroatoms. The lowest BCUT2D eigenvalue weighted by Gasteiger charge is -2.20. The molecule has 2 aromatic carbocycles.